The molecule has 0 fully saturated rings. The molecule has 2 unspecified atom stereocenters. The second kappa shape index (κ2) is 5.70. The molecule has 0 saturated carbocycles. The molecule has 122 valence electrons. The van der Waals surface area contributed by atoms with Crippen molar-refractivity contribution in [3.63, 3.8) is 0 Å². The van der Waals surface area contributed by atoms with Crippen LogP contribution in [-0.2, 0) is 0 Å². The van der Waals surface area contributed by atoms with Crippen LogP contribution in [0, 0.1) is 21.8 Å². The Balaban J connectivity index is 1.81. The fraction of sp³-hybridized carbons (Fsp3) is 0.222. The summed E-state index contributed by atoms with van der Waals surface area (Å²) in [6.07, 6.45) is 5.08. The summed E-state index contributed by atoms with van der Waals surface area (Å²) in [6, 6.07) is 9.82. The number of rotatable bonds is 2. The van der Waals surface area contributed by atoms with Crippen LogP contribution in [0.5, 0.6) is 0 Å². The first-order valence-electron chi connectivity index (χ1n) is 7.71. The molecule has 4 nitrogen and oxygen atoms in total. The molecule has 0 amide bonds. The minimum Gasteiger partial charge on any atom is -0.375 e. The van der Waals surface area contributed by atoms with Crippen LogP contribution in [0.1, 0.15) is 29.5 Å². The highest BCUT2D eigenvalue weighted by Gasteiger charge is 2.39. The zero-order valence-electron chi connectivity index (χ0n) is 12.6. The predicted molar refractivity (Wildman–Crippen MR) is 93.5 cm³/mol. The Bertz CT molecular complexity index is 868. The van der Waals surface area contributed by atoms with E-state index in [1.165, 1.54) is 12.1 Å². The molecule has 24 heavy (non-hydrogen) atoms. The molecule has 1 aliphatic carbocycles. The minimum absolute atomic E-state index is 0.0545. The van der Waals surface area contributed by atoms with E-state index in [0.29, 0.717) is 10.2 Å². The number of anilines is 1. The van der Waals surface area contributed by atoms with Crippen molar-refractivity contribution in [2.75, 3.05) is 5.32 Å². The summed E-state index contributed by atoms with van der Waals surface area (Å²) in [4.78, 5) is 10.7. The SMILES string of the molecule is O=[N+]([O-])c1cccc([C@H]2Nc3c(F)cc(Br)cc3C3C=CCC32)c1. The Morgan fingerprint density at radius 2 is 2.12 bits per heavy atom. The van der Waals surface area contributed by atoms with E-state index < -0.39 is 4.92 Å². The lowest BCUT2D eigenvalue weighted by Gasteiger charge is -2.37. The number of allylic oxidation sites excluding steroid dienone is 2. The maximum atomic E-state index is 14.5. The zero-order chi connectivity index (χ0) is 16.8. The largest absolute Gasteiger partial charge is 0.375 e. The van der Waals surface area contributed by atoms with Crippen molar-refractivity contribution in [1.82, 2.24) is 0 Å². The molecule has 0 aromatic heterocycles. The van der Waals surface area contributed by atoms with E-state index in [-0.39, 0.29) is 29.4 Å². The van der Waals surface area contributed by atoms with Gasteiger partial charge >= 0.3 is 0 Å². The normalized spacial score (nSPS) is 24.2. The van der Waals surface area contributed by atoms with Gasteiger partial charge in [0, 0.05) is 22.5 Å². The van der Waals surface area contributed by atoms with Crippen molar-refractivity contribution in [3.8, 4) is 0 Å². The van der Waals surface area contributed by atoms with Crippen molar-refractivity contribution in [3.05, 3.63) is 80.1 Å². The summed E-state index contributed by atoms with van der Waals surface area (Å²) < 4.78 is 15.2. The summed E-state index contributed by atoms with van der Waals surface area (Å²) in [6.45, 7) is 0. The zero-order valence-corrected chi connectivity index (χ0v) is 14.2. The van der Waals surface area contributed by atoms with Gasteiger partial charge in [0.1, 0.15) is 5.82 Å². The van der Waals surface area contributed by atoms with E-state index in [2.05, 4.69) is 33.4 Å². The number of hydrogen-bond donors (Lipinski definition) is 1. The highest BCUT2D eigenvalue weighted by molar-refractivity contribution is 9.10. The number of halogens is 2. The monoisotopic (exact) mass is 388 g/mol. The number of nitrogens with one attached hydrogen (secondary N) is 1. The van der Waals surface area contributed by atoms with Crippen LogP contribution in [0.3, 0.4) is 0 Å². The van der Waals surface area contributed by atoms with Crippen LogP contribution in [0.4, 0.5) is 15.8 Å². The number of hydrogen-bond acceptors (Lipinski definition) is 3. The quantitative estimate of drug-likeness (QED) is 0.430. The minimum atomic E-state index is -0.400. The van der Waals surface area contributed by atoms with E-state index in [1.54, 1.807) is 12.1 Å². The number of fused-ring (bicyclic) bond motifs is 3. The molecule has 0 radical (unpaired) electrons. The molecular formula is C18H14BrFN2O2. The molecule has 2 aliphatic rings. The maximum Gasteiger partial charge on any atom is 0.269 e. The summed E-state index contributed by atoms with van der Waals surface area (Å²) in [7, 11) is 0. The van der Waals surface area contributed by atoms with E-state index >= 15 is 0 Å². The van der Waals surface area contributed by atoms with Gasteiger partial charge in [0.05, 0.1) is 16.7 Å². The fourth-order valence-corrected chi connectivity index (χ4v) is 4.23. The van der Waals surface area contributed by atoms with E-state index in [4.69, 9.17) is 0 Å². The highest BCUT2D eigenvalue weighted by Crippen LogP contribution is 2.51. The molecule has 3 atom stereocenters. The van der Waals surface area contributed by atoms with Gasteiger partial charge in [-0.2, -0.15) is 0 Å². The van der Waals surface area contributed by atoms with Crippen molar-refractivity contribution in [1.29, 1.82) is 0 Å². The molecule has 1 heterocycles. The molecule has 1 N–H and O–H groups in total. The molecule has 1 aliphatic heterocycles. The molecule has 0 saturated heterocycles. The van der Waals surface area contributed by atoms with Gasteiger partial charge in [-0.25, -0.2) is 4.39 Å². The molecule has 6 heteroatoms. The van der Waals surface area contributed by atoms with Crippen molar-refractivity contribution < 1.29 is 9.31 Å². The summed E-state index contributed by atoms with van der Waals surface area (Å²) in [5, 5.41) is 14.3. The van der Waals surface area contributed by atoms with Gasteiger partial charge in [0.2, 0.25) is 0 Å². The van der Waals surface area contributed by atoms with Crippen LogP contribution in [-0.4, -0.2) is 4.92 Å². The Kier molecular flexibility index (Phi) is 3.64. The molecule has 4 rings (SSSR count). The maximum absolute atomic E-state index is 14.5. The Morgan fingerprint density at radius 3 is 2.92 bits per heavy atom. The van der Waals surface area contributed by atoms with Gasteiger partial charge in [-0.15, -0.1) is 0 Å². The van der Waals surface area contributed by atoms with Gasteiger partial charge in [-0.3, -0.25) is 10.1 Å². The second-order valence-corrected chi connectivity index (χ2v) is 7.10. The molecule has 0 bridgehead atoms. The summed E-state index contributed by atoms with van der Waals surface area (Å²) >= 11 is 3.36. The van der Waals surface area contributed by atoms with E-state index in [9.17, 15) is 14.5 Å². The van der Waals surface area contributed by atoms with Gasteiger partial charge < -0.3 is 5.32 Å². The van der Waals surface area contributed by atoms with Crippen molar-refractivity contribution in [2.24, 2.45) is 5.92 Å². The third-order valence-electron chi connectivity index (χ3n) is 4.83. The van der Waals surface area contributed by atoms with Crippen molar-refractivity contribution >= 4 is 27.3 Å². The van der Waals surface area contributed by atoms with E-state index in [1.807, 2.05) is 12.1 Å². The lowest BCUT2D eigenvalue weighted by molar-refractivity contribution is -0.384. The number of nitrogens with zero attached hydrogens (tertiary/aromatic N) is 1. The first kappa shape index (κ1) is 15.3. The molecule has 0 spiro atoms. The van der Waals surface area contributed by atoms with Gasteiger partial charge in [0.15, 0.2) is 0 Å². The Hall–Kier alpha value is -2.21. The number of non-ortho nitro benzene ring substituents is 1. The highest BCUT2D eigenvalue weighted by atomic mass is 79.9. The summed E-state index contributed by atoms with van der Waals surface area (Å²) in [5.41, 5.74) is 2.29. The first-order valence-corrected chi connectivity index (χ1v) is 8.50. The van der Waals surface area contributed by atoms with Crippen LogP contribution in [0.15, 0.2) is 53.0 Å². The van der Waals surface area contributed by atoms with Crippen molar-refractivity contribution in [2.45, 2.75) is 18.4 Å². The lowest BCUT2D eigenvalue weighted by atomic mass is 9.77. The van der Waals surface area contributed by atoms with Gasteiger partial charge in [0.25, 0.3) is 5.69 Å². The average molecular weight is 389 g/mol. The lowest BCUT2D eigenvalue weighted by Crippen LogP contribution is -2.29. The third kappa shape index (κ3) is 2.41. The second-order valence-electron chi connectivity index (χ2n) is 6.18. The Morgan fingerprint density at radius 1 is 1.29 bits per heavy atom. The topological polar surface area (TPSA) is 55.2 Å². The predicted octanol–water partition coefficient (Wildman–Crippen LogP) is 5.32. The molecule has 2 aromatic carbocycles. The standard InChI is InChI=1S/C18H14BrFN2O2/c19-11-8-15-13-5-2-6-14(13)17(21-18(15)16(20)9-11)10-3-1-4-12(7-10)22(23)24/h1-5,7-9,13-14,17,21H,6H2/t13?,14?,17-/m1/s1. The Labute approximate surface area is 146 Å². The number of nitro groups is 1. The average Bonchev–Trinajstić information content (AvgIpc) is 3.04. The van der Waals surface area contributed by atoms with Gasteiger partial charge in [-0.05, 0) is 35.6 Å². The number of benzene rings is 2. The fourth-order valence-electron chi connectivity index (χ4n) is 3.78. The van der Waals surface area contributed by atoms with Crippen LogP contribution >= 0.6 is 15.9 Å². The van der Waals surface area contributed by atoms with Crippen LogP contribution in [0.25, 0.3) is 0 Å². The summed E-state index contributed by atoms with van der Waals surface area (Å²) in [5.74, 6) is 0.0132. The van der Waals surface area contributed by atoms with Crippen LogP contribution < -0.4 is 5.32 Å². The molecule has 2 aromatic rings. The van der Waals surface area contributed by atoms with E-state index in [0.717, 1.165) is 17.5 Å². The third-order valence-corrected chi connectivity index (χ3v) is 5.28. The first-order chi connectivity index (χ1) is 11.5. The smallest absolute Gasteiger partial charge is 0.269 e. The van der Waals surface area contributed by atoms with Crippen LogP contribution in [0.2, 0.25) is 0 Å². The van der Waals surface area contributed by atoms with Gasteiger partial charge in [-0.1, -0.05) is 40.2 Å². The molecular weight excluding hydrogens is 375 g/mol. The number of nitro benzene ring substituents is 1.